The largest absolute Gasteiger partial charge is 0.490 e. The van der Waals surface area contributed by atoms with Crippen LogP contribution in [0.3, 0.4) is 0 Å². The van der Waals surface area contributed by atoms with Gasteiger partial charge >= 0.3 is 0 Å². The topological polar surface area (TPSA) is 62.0 Å². The minimum absolute atomic E-state index is 0.360. The molecule has 0 unspecified atom stereocenters. The smallest absolute Gasteiger partial charge is 0.279 e. The molecule has 0 aliphatic rings. The number of amides is 1. The van der Waals surface area contributed by atoms with Gasteiger partial charge in [-0.3, -0.25) is 4.79 Å². The lowest BCUT2D eigenvalue weighted by atomic mass is 10.1. The van der Waals surface area contributed by atoms with Gasteiger partial charge in [0, 0.05) is 18.0 Å². The molecule has 6 nitrogen and oxygen atoms in total. The van der Waals surface area contributed by atoms with Crippen molar-refractivity contribution in [3.63, 3.8) is 0 Å². The normalized spacial score (nSPS) is 11.8. The molecule has 32 heavy (non-hydrogen) atoms. The fraction of sp³-hybridized carbons (Fsp3) is 0.280. The van der Waals surface area contributed by atoms with Crippen LogP contribution in [0.5, 0.6) is 17.2 Å². The minimum Gasteiger partial charge on any atom is -0.490 e. The Morgan fingerprint density at radius 2 is 1.59 bits per heavy atom. The first-order valence-electron chi connectivity index (χ1n) is 10.7. The van der Waals surface area contributed by atoms with Crippen LogP contribution in [0.4, 0.5) is 0 Å². The van der Waals surface area contributed by atoms with Gasteiger partial charge in [-0.05, 0) is 44.4 Å². The highest BCUT2D eigenvalue weighted by molar-refractivity contribution is 7.16. The molecule has 0 aliphatic carbocycles. The van der Waals surface area contributed by atoms with Crippen LogP contribution < -0.4 is 19.0 Å². The Labute approximate surface area is 190 Å². The molecule has 1 amide bonds. The number of aryl methyl sites for hydroxylation is 1. The van der Waals surface area contributed by atoms with E-state index < -0.39 is 0 Å². The van der Waals surface area contributed by atoms with Crippen LogP contribution >= 0.6 is 11.3 Å². The van der Waals surface area contributed by atoms with E-state index >= 15 is 0 Å². The molecule has 0 aliphatic heterocycles. The summed E-state index contributed by atoms with van der Waals surface area (Å²) >= 11 is 1.49. The second kappa shape index (κ2) is 9.44. The summed E-state index contributed by atoms with van der Waals surface area (Å²) in [4.78, 5) is 18.2. The van der Waals surface area contributed by atoms with Crippen LogP contribution in [0.2, 0.25) is 0 Å². The number of fused-ring (bicyclic) bond motifs is 3. The number of aromatic nitrogens is 1. The maximum absolute atomic E-state index is 13.2. The molecule has 1 aromatic heterocycles. The Kier molecular flexibility index (Phi) is 6.46. The van der Waals surface area contributed by atoms with Crippen LogP contribution in [0, 0.1) is 0 Å². The quantitative estimate of drug-likeness (QED) is 0.382. The van der Waals surface area contributed by atoms with Crippen molar-refractivity contribution in [3.8, 4) is 17.2 Å². The molecule has 4 rings (SSSR count). The Balaban J connectivity index is 1.83. The summed E-state index contributed by atoms with van der Waals surface area (Å²) in [5.41, 5.74) is 1.46. The molecule has 0 saturated heterocycles. The number of ether oxygens (including phenoxy) is 3. The van der Waals surface area contributed by atoms with Crippen molar-refractivity contribution in [2.45, 2.75) is 20.8 Å². The zero-order valence-corrected chi connectivity index (χ0v) is 19.5. The van der Waals surface area contributed by atoms with Gasteiger partial charge in [0.2, 0.25) is 5.75 Å². The summed E-state index contributed by atoms with van der Waals surface area (Å²) in [5.74, 6) is 1.10. The van der Waals surface area contributed by atoms with Gasteiger partial charge in [-0.25, -0.2) is 0 Å². The highest BCUT2D eigenvalue weighted by Crippen LogP contribution is 2.39. The van der Waals surface area contributed by atoms with E-state index in [9.17, 15) is 4.79 Å². The van der Waals surface area contributed by atoms with Gasteiger partial charge in [0.1, 0.15) is 0 Å². The second-order valence-corrected chi connectivity index (χ2v) is 8.10. The van der Waals surface area contributed by atoms with E-state index in [1.54, 1.807) is 12.1 Å². The molecular formula is C25H26N2O4S. The van der Waals surface area contributed by atoms with Gasteiger partial charge in [-0.2, -0.15) is 4.99 Å². The third-order valence-electron chi connectivity index (χ3n) is 5.04. The lowest BCUT2D eigenvalue weighted by Crippen LogP contribution is -2.14. The number of hydrogen-bond donors (Lipinski definition) is 0. The lowest BCUT2D eigenvalue weighted by molar-refractivity contribution is 0.0997. The van der Waals surface area contributed by atoms with Gasteiger partial charge in [-0.1, -0.05) is 41.7 Å². The van der Waals surface area contributed by atoms with Crippen molar-refractivity contribution >= 4 is 38.2 Å². The molecule has 0 fully saturated rings. The van der Waals surface area contributed by atoms with Crippen molar-refractivity contribution in [2.24, 2.45) is 12.0 Å². The molecule has 0 atom stereocenters. The first-order valence-corrected chi connectivity index (χ1v) is 11.5. The predicted octanol–water partition coefficient (Wildman–Crippen LogP) is 5.33. The Bertz CT molecular complexity index is 1330. The number of rotatable bonds is 7. The zero-order valence-electron chi connectivity index (χ0n) is 18.7. The Morgan fingerprint density at radius 3 is 2.25 bits per heavy atom. The van der Waals surface area contributed by atoms with Gasteiger partial charge in [0.15, 0.2) is 16.3 Å². The number of thiazole rings is 1. The number of hydrogen-bond acceptors (Lipinski definition) is 5. The van der Waals surface area contributed by atoms with Crippen molar-refractivity contribution in [1.29, 1.82) is 0 Å². The van der Waals surface area contributed by atoms with Crippen LogP contribution in [-0.2, 0) is 7.05 Å². The molecule has 0 N–H and O–H groups in total. The SMILES string of the molecule is CCOc1cc(C(=O)N=c2sc3ccc4ccccc4c3n2C)cc(OCC)c1OCC. The van der Waals surface area contributed by atoms with Crippen molar-refractivity contribution < 1.29 is 19.0 Å². The zero-order chi connectivity index (χ0) is 22.7. The third-order valence-corrected chi connectivity index (χ3v) is 6.14. The van der Waals surface area contributed by atoms with Gasteiger partial charge < -0.3 is 18.8 Å². The fourth-order valence-electron chi connectivity index (χ4n) is 3.69. The molecule has 166 valence electrons. The minimum atomic E-state index is -0.360. The lowest BCUT2D eigenvalue weighted by Gasteiger charge is -2.16. The molecular weight excluding hydrogens is 424 g/mol. The standard InChI is InChI=1S/C25H26N2O4S/c1-5-29-19-14-17(15-20(30-6-2)23(19)31-7-3)24(28)26-25-27(4)22-18-11-9-8-10-16(18)12-13-21(22)32-25/h8-15H,5-7H2,1-4H3. The monoisotopic (exact) mass is 450 g/mol. The number of nitrogens with zero attached hydrogens (tertiary/aromatic N) is 2. The first kappa shape index (κ1) is 21.9. The molecule has 0 bridgehead atoms. The van der Waals surface area contributed by atoms with Crippen LogP contribution in [0.25, 0.3) is 21.0 Å². The van der Waals surface area contributed by atoms with E-state index in [0.29, 0.717) is 47.4 Å². The van der Waals surface area contributed by atoms with E-state index in [1.165, 1.54) is 11.3 Å². The van der Waals surface area contributed by atoms with E-state index in [1.807, 2.05) is 44.5 Å². The predicted molar refractivity (Wildman–Crippen MR) is 128 cm³/mol. The maximum Gasteiger partial charge on any atom is 0.279 e. The average molecular weight is 451 g/mol. The molecule has 1 heterocycles. The Hall–Kier alpha value is -3.32. The number of carbonyl (C=O) groups excluding carboxylic acids is 1. The summed E-state index contributed by atoms with van der Waals surface area (Å²) in [5, 5.41) is 2.29. The van der Waals surface area contributed by atoms with Crippen molar-refractivity contribution in [2.75, 3.05) is 19.8 Å². The second-order valence-electron chi connectivity index (χ2n) is 7.09. The average Bonchev–Trinajstić information content (AvgIpc) is 3.11. The third kappa shape index (κ3) is 4.08. The van der Waals surface area contributed by atoms with Gasteiger partial charge in [0.25, 0.3) is 5.91 Å². The maximum atomic E-state index is 13.2. The number of benzene rings is 3. The molecule has 3 aromatic carbocycles. The highest BCUT2D eigenvalue weighted by atomic mass is 32.1. The van der Waals surface area contributed by atoms with Crippen molar-refractivity contribution in [3.05, 3.63) is 58.9 Å². The first-order chi connectivity index (χ1) is 15.6. The van der Waals surface area contributed by atoms with Crippen LogP contribution in [0.15, 0.2) is 53.5 Å². The molecule has 4 aromatic rings. The summed E-state index contributed by atoms with van der Waals surface area (Å²) in [6.07, 6.45) is 0. The van der Waals surface area contributed by atoms with E-state index in [-0.39, 0.29) is 5.91 Å². The molecule has 0 saturated carbocycles. The van der Waals surface area contributed by atoms with Gasteiger partial charge in [-0.15, -0.1) is 0 Å². The summed E-state index contributed by atoms with van der Waals surface area (Å²) < 4.78 is 20.3. The summed E-state index contributed by atoms with van der Waals surface area (Å²) in [7, 11) is 1.94. The molecule has 7 heteroatoms. The highest BCUT2D eigenvalue weighted by Gasteiger charge is 2.18. The molecule has 0 radical (unpaired) electrons. The van der Waals surface area contributed by atoms with Gasteiger partial charge in [0.05, 0.1) is 30.0 Å². The Morgan fingerprint density at radius 1 is 0.938 bits per heavy atom. The molecule has 0 spiro atoms. The fourth-order valence-corrected chi connectivity index (χ4v) is 4.72. The van der Waals surface area contributed by atoms with E-state index in [2.05, 4.69) is 29.3 Å². The van der Waals surface area contributed by atoms with E-state index in [0.717, 1.165) is 21.0 Å². The van der Waals surface area contributed by atoms with Crippen LogP contribution in [0.1, 0.15) is 31.1 Å². The number of carbonyl (C=O) groups is 1. The van der Waals surface area contributed by atoms with Crippen molar-refractivity contribution in [1.82, 2.24) is 4.57 Å². The summed E-state index contributed by atoms with van der Waals surface area (Å²) in [6, 6.07) is 15.7. The van der Waals surface area contributed by atoms with Crippen LogP contribution in [-0.4, -0.2) is 30.3 Å². The van der Waals surface area contributed by atoms with E-state index in [4.69, 9.17) is 14.2 Å². The summed E-state index contributed by atoms with van der Waals surface area (Å²) in [6.45, 7) is 7.01.